The number of imidazole rings is 1. The van der Waals surface area contributed by atoms with E-state index in [-0.39, 0.29) is 23.8 Å². The van der Waals surface area contributed by atoms with Crippen LogP contribution in [0.15, 0.2) is 48.8 Å². The number of carbonyl (C=O) groups is 2. The van der Waals surface area contributed by atoms with Crippen molar-refractivity contribution in [2.45, 2.75) is 18.9 Å². The van der Waals surface area contributed by atoms with E-state index in [0.29, 0.717) is 51.7 Å². The Morgan fingerprint density at radius 1 is 1.11 bits per heavy atom. The summed E-state index contributed by atoms with van der Waals surface area (Å²) in [5.41, 5.74) is 2.35. The molecule has 0 fully saturated rings. The van der Waals surface area contributed by atoms with Gasteiger partial charge in [-0.1, -0.05) is 35.4 Å². The molecule has 1 atom stereocenters. The van der Waals surface area contributed by atoms with Crippen LogP contribution in [0.25, 0.3) is 21.9 Å². The minimum atomic E-state index is -0.925. The van der Waals surface area contributed by atoms with Crippen molar-refractivity contribution in [3.8, 4) is 0 Å². The number of H-pyrrole nitrogens is 1. The Morgan fingerprint density at radius 3 is 2.69 bits per heavy atom. The van der Waals surface area contributed by atoms with E-state index >= 15 is 0 Å². The number of halogens is 2. The number of aromatic amines is 1. The number of fused-ring (bicyclic) bond motifs is 2. The molecule has 3 heterocycles. The number of aliphatic carboxylic acids is 1. The van der Waals surface area contributed by atoms with Crippen LogP contribution in [-0.2, 0) is 4.79 Å². The second-order valence-electron chi connectivity index (χ2n) is 8.17. The van der Waals surface area contributed by atoms with Gasteiger partial charge >= 0.3 is 5.97 Å². The molecule has 0 bridgehead atoms. The molecule has 0 aliphatic carbocycles. The number of rotatable bonds is 7. The largest absolute Gasteiger partial charge is 0.481 e. The zero-order valence-corrected chi connectivity index (χ0v) is 19.8. The van der Waals surface area contributed by atoms with Crippen LogP contribution < -0.4 is 5.32 Å². The third-order valence-electron chi connectivity index (χ3n) is 5.81. The van der Waals surface area contributed by atoms with Crippen molar-refractivity contribution in [2.75, 3.05) is 18.4 Å². The third-order valence-corrected chi connectivity index (χ3v) is 6.36. The number of hydrogen-bond donors (Lipinski definition) is 3. The molecule has 0 unspecified atom stereocenters. The molecule has 2 aromatic heterocycles. The minimum Gasteiger partial charge on any atom is -0.481 e. The van der Waals surface area contributed by atoms with Gasteiger partial charge in [0.2, 0.25) is 0 Å². The average Bonchev–Trinajstić information content (AvgIpc) is 3.51. The Kier molecular flexibility index (Phi) is 6.27. The highest BCUT2D eigenvalue weighted by Gasteiger charge is 2.23. The Labute approximate surface area is 209 Å². The van der Waals surface area contributed by atoms with Gasteiger partial charge in [-0.15, -0.1) is 0 Å². The minimum absolute atomic E-state index is 0.0816. The van der Waals surface area contributed by atoms with Gasteiger partial charge in [0.15, 0.2) is 0 Å². The molecule has 5 rings (SSSR count). The lowest BCUT2D eigenvalue weighted by atomic mass is 10.1. The highest BCUT2D eigenvalue weighted by molar-refractivity contribution is 6.35. The van der Waals surface area contributed by atoms with Gasteiger partial charge < -0.3 is 20.3 Å². The standard InChI is InChI=1S/C24H20Cl2N6O3/c25-13-3-4-17-20(9-13)31-23(29-17)18(5-6-21(33)34)30-22-15-10-16(26)14(11-19(15)27-12-28-22)24(35)32-7-1-2-8-32/h1-4,9-12,18H,5-8H2,(H,29,31)(H,33,34)(H,27,28,30)/t18-/m0/s1. The van der Waals surface area contributed by atoms with Crippen LogP contribution >= 0.6 is 23.2 Å². The summed E-state index contributed by atoms with van der Waals surface area (Å²) < 4.78 is 0. The van der Waals surface area contributed by atoms with E-state index in [2.05, 4.69) is 25.3 Å². The van der Waals surface area contributed by atoms with Gasteiger partial charge in [0.25, 0.3) is 5.91 Å². The van der Waals surface area contributed by atoms with Gasteiger partial charge in [-0.3, -0.25) is 9.59 Å². The van der Waals surface area contributed by atoms with E-state index in [1.165, 1.54) is 6.33 Å². The maximum absolute atomic E-state index is 12.9. The molecular formula is C24H20Cl2N6O3. The maximum atomic E-state index is 12.9. The molecule has 2 aromatic carbocycles. The average molecular weight is 511 g/mol. The number of aromatic nitrogens is 4. The molecule has 4 aromatic rings. The fraction of sp³-hybridized carbons (Fsp3) is 0.208. The van der Waals surface area contributed by atoms with Crippen molar-refractivity contribution in [1.29, 1.82) is 0 Å². The summed E-state index contributed by atoms with van der Waals surface area (Å²) >= 11 is 12.6. The Balaban J connectivity index is 1.50. The number of anilines is 1. The van der Waals surface area contributed by atoms with Crippen LogP contribution in [0.5, 0.6) is 0 Å². The highest BCUT2D eigenvalue weighted by atomic mass is 35.5. The Hall–Kier alpha value is -3.69. The summed E-state index contributed by atoms with van der Waals surface area (Å²) in [5, 5.41) is 14.0. The van der Waals surface area contributed by atoms with Crippen molar-refractivity contribution in [3.05, 3.63) is 70.2 Å². The Morgan fingerprint density at radius 2 is 1.91 bits per heavy atom. The molecule has 9 nitrogen and oxygen atoms in total. The molecule has 1 aliphatic rings. The van der Waals surface area contributed by atoms with Crippen molar-refractivity contribution >= 4 is 62.8 Å². The van der Waals surface area contributed by atoms with E-state index in [0.717, 1.165) is 5.52 Å². The zero-order chi connectivity index (χ0) is 24.5. The normalized spacial score (nSPS) is 14.1. The molecular weight excluding hydrogens is 491 g/mol. The lowest BCUT2D eigenvalue weighted by Crippen LogP contribution is -2.28. The Bertz CT molecular complexity index is 1480. The van der Waals surface area contributed by atoms with E-state index in [1.807, 2.05) is 12.2 Å². The van der Waals surface area contributed by atoms with Crippen LogP contribution in [0.2, 0.25) is 10.0 Å². The fourth-order valence-corrected chi connectivity index (χ4v) is 4.46. The van der Waals surface area contributed by atoms with Crippen LogP contribution in [-0.4, -0.2) is 54.9 Å². The monoisotopic (exact) mass is 510 g/mol. The van der Waals surface area contributed by atoms with E-state index in [9.17, 15) is 14.7 Å². The second-order valence-corrected chi connectivity index (χ2v) is 9.01. The molecule has 0 spiro atoms. The third kappa shape index (κ3) is 4.78. The van der Waals surface area contributed by atoms with Gasteiger partial charge in [-0.05, 0) is 36.8 Å². The van der Waals surface area contributed by atoms with Crippen LogP contribution in [0.4, 0.5) is 5.82 Å². The molecule has 11 heteroatoms. The quantitative estimate of drug-likeness (QED) is 0.303. The van der Waals surface area contributed by atoms with Crippen LogP contribution in [0.1, 0.15) is 35.1 Å². The first kappa shape index (κ1) is 23.1. The lowest BCUT2D eigenvalue weighted by molar-refractivity contribution is -0.137. The van der Waals surface area contributed by atoms with Crippen molar-refractivity contribution < 1.29 is 14.7 Å². The number of benzene rings is 2. The topological polar surface area (TPSA) is 124 Å². The van der Waals surface area contributed by atoms with E-state index in [4.69, 9.17) is 23.2 Å². The van der Waals surface area contributed by atoms with Crippen molar-refractivity contribution in [2.24, 2.45) is 0 Å². The number of hydrogen-bond acceptors (Lipinski definition) is 6. The van der Waals surface area contributed by atoms with E-state index in [1.54, 1.807) is 35.2 Å². The molecule has 0 saturated heterocycles. The van der Waals surface area contributed by atoms with E-state index < -0.39 is 12.0 Å². The molecule has 178 valence electrons. The first-order valence-electron chi connectivity index (χ1n) is 10.9. The summed E-state index contributed by atoms with van der Waals surface area (Å²) in [4.78, 5) is 42.4. The molecule has 35 heavy (non-hydrogen) atoms. The predicted molar refractivity (Wildman–Crippen MR) is 134 cm³/mol. The summed E-state index contributed by atoms with van der Waals surface area (Å²) in [6.45, 7) is 1.08. The van der Waals surface area contributed by atoms with Crippen molar-refractivity contribution in [3.63, 3.8) is 0 Å². The summed E-state index contributed by atoms with van der Waals surface area (Å²) in [7, 11) is 0. The van der Waals surface area contributed by atoms with Crippen molar-refractivity contribution in [1.82, 2.24) is 24.8 Å². The SMILES string of the molecule is O=C(O)CC[C@H](Nc1ncnc2cc(C(=O)N3CC=CC3)c(Cl)cc12)c1nc2ccc(Cl)cc2[nH]1. The molecule has 3 N–H and O–H groups in total. The fourth-order valence-electron chi connectivity index (χ4n) is 4.05. The van der Waals surface area contributed by atoms with Crippen LogP contribution in [0, 0.1) is 0 Å². The van der Waals surface area contributed by atoms with Gasteiger partial charge in [0, 0.05) is 29.9 Å². The predicted octanol–water partition coefficient (Wildman–Crippen LogP) is 4.84. The molecule has 0 saturated carbocycles. The number of nitrogens with one attached hydrogen (secondary N) is 2. The van der Waals surface area contributed by atoms with Gasteiger partial charge in [-0.2, -0.15) is 0 Å². The lowest BCUT2D eigenvalue weighted by Gasteiger charge is -2.19. The number of carboxylic acids is 1. The van der Waals surface area contributed by atoms with Gasteiger partial charge in [0.05, 0.1) is 33.2 Å². The number of nitrogens with zero attached hydrogens (tertiary/aromatic N) is 4. The molecule has 1 aliphatic heterocycles. The van der Waals surface area contributed by atoms with Gasteiger partial charge in [0.1, 0.15) is 18.0 Å². The second kappa shape index (κ2) is 9.52. The highest BCUT2D eigenvalue weighted by Crippen LogP contribution is 2.31. The first-order chi connectivity index (χ1) is 16.9. The zero-order valence-electron chi connectivity index (χ0n) is 18.3. The number of amides is 1. The summed E-state index contributed by atoms with van der Waals surface area (Å²) in [6.07, 6.45) is 5.42. The number of carboxylic acid groups (broad SMARTS) is 1. The number of carbonyl (C=O) groups excluding carboxylic acids is 1. The smallest absolute Gasteiger partial charge is 0.303 e. The maximum Gasteiger partial charge on any atom is 0.303 e. The van der Waals surface area contributed by atoms with Gasteiger partial charge in [-0.25, -0.2) is 15.0 Å². The summed E-state index contributed by atoms with van der Waals surface area (Å²) in [5.74, 6) is -0.0938. The first-order valence-corrected chi connectivity index (χ1v) is 11.7. The van der Waals surface area contributed by atoms with Crippen LogP contribution in [0.3, 0.4) is 0 Å². The molecule has 1 amide bonds. The summed E-state index contributed by atoms with van der Waals surface area (Å²) in [6, 6.07) is 8.11. The molecule has 0 radical (unpaired) electrons.